The van der Waals surface area contributed by atoms with E-state index in [9.17, 15) is 4.79 Å². The van der Waals surface area contributed by atoms with E-state index in [-0.39, 0.29) is 5.91 Å². The van der Waals surface area contributed by atoms with Gasteiger partial charge in [0.15, 0.2) is 5.96 Å². The predicted octanol–water partition coefficient (Wildman–Crippen LogP) is 3.90. The minimum absolute atomic E-state index is 0.255. The molecular formula is C26H33N5O. The molecule has 0 saturated carbocycles. The van der Waals surface area contributed by atoms with Crippen LogP contribution in [0.5, 0.6) is 0 Å². The number of rotatable bonds is 8. The summed E-state index contributed by atoms with van der Waals surface area (Å²) in [5.74, 6) is 1.07. The van der Waals surface area contributed by atoms with Crippen molar-refractivity contribution in [2.24, 2.45) is 4.99 Å². The number of fused-ring (bicyclic) bond motifs is 1. The first kappa shape index (κ1) is 21.9. The molecule has 0 aliphatic carbocycles. The summed E-state index contributed by atoms with van der Waals surface area (Å²) in [6.07, 6.45) is 4.65. The molecule has 1 amide bonds. The molecule has 6 heteroatoms. The van der Waals surface area contributed by atoms with Crippen LogP contribution in [0.25, 0.3) is 10.9 Å². The maximum absolute atomic E-state index is 12.0. The van der Waals surface area contributed by atoms with Gasteiger partial charge in [0.1, 0.15) is 0 Å². The number of aromatic nitrogens is 1. The van der Waals surface area contributed by atoms with Crippen LogP contribution in [0.3, 0.4) is 0 Å². The standard InChI is InChI=1S/C26H33N5O/c1-3-27-26(28-13-12-21-17-29-24-15-19(2)10-11-23(21)24)30-16-20-7-4-5-8-22(20)18-31-14-6-9-25(31)32/h4-5,7-8,10-11,15,17,29H,3,6,9,12-14,16,18H2,1-2H3,(H2,27,28,30). The molecule has 4 rings (SSSR count). The van der Waals surface area contributed by atoms with Crippen molar-refractivity contribution in [2.45, 2.75) is 46.2 Å². The van der Waals surface area contributed by atoms with Crippen LogP contribution in [0.2, 0.25) is 0 Å². The highest BCUT2D eigenvalue weighted by Crippen LogP contribution is 2.20. The fourth-order valence-corrected chi connectivity index (χ4v) is 4.27. The van der Waals surface area contributed by atoms with E-state index < -0.39 is 0 Å². The van der Waals surface area contributed by atoms with Crippen LogP contribution in [0.4, 0.5) is 0 Å². The number of hydrogen-bond donors (Lipinski definition) is 3. The Morgan fingerprint density at radius 3 is 2.75 bits per heavy atom. The van der Waals surface area contributed by atoms with E-state index in [1.54, 1.807) is 0 Å². The van der Waals surface area contributed by atoms with Crippen molar-refractivity contribution in [3.05, 3.63) is 70.9 Å². The van der Waals surface area contributed by atoms with E-state index in [0.29, 0.717) is 19.5 Å². The number of aromatic amines is 1. The third kappa shape index (κ3) is 5.31. The van der Waals surface area contributed by atoms with Gasteiger partial charge in [-0.25, -0.2) is 4.99 Å². The zero-order valence-corrected chi connectivity index (χ0v) is 19.1. The molecule has 32 heavy (non-hydrogen) atoms. The van der Waals surface area contributed by atoms with Gasteiger partial charge in [0.25, 0.3) is 0 Å². The average Bonchev–Trinajstić information content (AvgIpc) is 3.38. The molecule has 168 valence electrons. The molecule has 1 aliphatic heterocycles. The van der Waals surface area contributed by atoms with Gasteiger partial charge in [-0.15, -0.1) is 0 Å². The van der Waals surface area contributed by atoms with Crippen LogP contribution in [0.15, 0.2) is 53.7 Å². The smallest absolute Gasteiger partial charge is 0.222 e. The molecule has 0 unspecified atom stereocenters. The lowest BCUT2D eigenvalue weighted by atomic mass is 10.1. The monoisotopic (exact) mass is 431 g/mol. The third-order valence-electron chi connectivity index (χ3n) is 6.01. The van der Waals surface area contributed by atoms with Crippen molar-refractivity contribution >= 4 is 22.8 Å². The fourth-order valence-electron chi connectivity index (χ4n) is 4.27. The molecule has 0 radical (unpaired) electrons. The number of H-pyrrole nitrogens is 1. The van der Waals surface area contributed by atoms with Gasteiger partial charge in [-0.2, -0.15) is 0 Å². The number of benzene rings is 2. The summed E-state index contributed by atoms with van der Waals surface area (Å²) in [7, 11) is 0. The molecule has 1 aliphatic rings. The first-order valence-electron chi connectivity index (χ1n) is 11.6. The lowest BCUT2D eigenvalue weighted by molar-refractivity contribution is -0.128. The molecule has 1 aromatic heterocycles. The van der Waals surface area contributed by atoms with E-state index >= 15 is 0 Å². The zero-order chi connectivity index (χ0) is 22.3. The van der Waals surface area contributed by atoms with Crippen molar-refractivity contribution in [3.8, 4) is 0 Å². The number of aryl methyl sites for hydroxylation is 1. The topological polar surface area (TPSA) is 72.5 Å². The minimum atomic E-state index is 0.255. The summed E-state index contributed by atoms with van der Waals surface area (Å²) in [5, 5.41) is 8.09. The second-order valence-corrected chi connectivity index (χ2v) is 8.42. The Morgan fingerprint density at radius 2 is 1.97 bits per heavy atom. The van der Waals surface area contributed by atoms with Crippen molar-refractivity contribution in [2.75, 3.05) is 19.6 Å². The summed E-state index contributed by atoms with van der Waals surface area (Å²) >= 11 is 0. The number of guanidine groups is 1. The fraction of sp³-hybridized carbons (Fsp3) is 0.385. The first-order valence-corrected chi connectivity index (χ1v) is 11.6. The van der Waals surface area contributed by atoms with Gasteiger partial charge in [0, 0.05) is 49.7 Å². The predicted molar refractivity (Wildman–Crippen MR) is 131 cm³/mol. The highest BCUT2D eigenvalue weighted by atomic mass is 16.2. The molecule has 3 aromatic rings. The van der Waals surface area contributed by atoms with Crippen LogP contribution >= 0.6 is 0 Å². The van der Waals surface area contributed by atoms with E-state index in [1.807, 2.05) is 17.0 Å². The van der Waals surface area contributed by atoms with E-state index in [1.165, 1.54) is 27.6 Å². The Morgan fingerprint density at radius 1 is 1.12 bits per heavy atom. The number of amides is 1. The lowest BCUT2D eigenvalue weighted by Gasteiger charge is -2.18. The van der Waals surface area contributed by atoms with Gasteiger partial charge in [0.05, 0.1) is 6.54 Å². The molecule has 0 atom stereocenters. The summed E-state index contributed by atoms with van der Waals surface area (Å²) in [4.78, 5) is 22.2. The van der Waals surface area contributed by atoms with E-state index in [0.717, 1.165) is 44.0 Å². The van der Waals surface area contributed by atoms with Gasteiger partial charge in [-0.1, -0.05) is 36.4 Å². The van der Waals surface area contributed by atoms with Gasteiger partial charge < -0.3 is 20.5 Å². The maximum atomic E-state index is 12.0. The number of aliphatic imine (C=N–C) groups is 1. The molecule has 1 saturated heterocycles. The van der Waals surface area contributed by atoms with Crippen molar-refractivity contribution in [1.29, 1.82) is 0 Å². The van der Waals surface area contributed by atoms with Crippen molar-refractivity contribution in [1.82, 2.24) is 20.5 Å². The zero-order valence-electron chi connectivity index (χ0n) is 19.1. The molecule has 3 N–H and O–H groups in total. The van der Waals surface area contributed by atoms with Gasteiger partial charge in [-0.3, -0.25) is 4.79 Å². The van der Waals surface area contributed by atoms with Crippen molar-refractivity contribution < 1.29 is 4.79 Å². The van der Waals surface area contributed by atoms with Crippen LogP contribution in [0, 0.1) is 6.92 Å². The number of hydrogen-bond acceptors (Lipinski definition) is 2. The first-order chi connectivity index (χ1) is 15.6. The Kier molecular flexibility index (Phi) is 7.10. The molecule has 0 spiro atoms. The number of nitrogens with zero attached hydrogens (tertiary/aromatic N) is 2. The van der Waals surface area contributed by atoms with E-state index in [2.05, 4.69) is 66.0 Å². The van der Waals surface area contributed by atoms with Gasteiger partial charge in [0.2, 0.25) is 5.91 Å². The minimum Gasteiger partial charge on any atom is -0.361 e. The third-order valence-corrected chi connectivity index (χ3v) is 6.01. The molecular weight excluding hydrogens is 398 g/mol. The average molecular weight is 432 g/mol. The van der Waals surface area contributed by atoms with Crippen LogP contribution < -0.4 is 10.6 Å². The molecule has 1 fully saturated rings. The summed E-state index contributed by atoms with van der Waals surface area (Å²) in [6, 6.07) is 14.8. The maximum Gasteiger partial charge on any atom is 0.222 e. The largest absolute Gasteiger partial charge is 0.361 e. The Bertz CT molecular complexity index is 1100. The van der Waals surface area contributed by atoms with E-state index in [4.69, 9.17) is 4.99 Å². The van der Waals surface area contributed by atoms with Gasteiger partial charge in [-0.05, 0) is 55.0 Å². The summed E-state index contributed by atoms with van der Waals surface area (Å²) < 4.78 is 0. The molecule has 0 bridgehead atoms. The van der Waals surface area contributed by atoms with Crippen LogP contribution in [-0.2, 0) is 24.3 Å². The number of nitrogens with one attached hydrogen (secondary N) is 3. The lowest BCUT2D eigenvalue weighted by Crippen LogP contribution is -2.38. The Hall–Kier alpha value is -3.28. The summed E-state index contributed by atoms with van der Waals surface area (Å²) in [6.45, 7) is 7.91. The second-order valence-electron chi connectivity index (χ2n) is 8.42. The number of likely N-dealkylation sites (tertiary alicyclic amines) is 1. The Balaban J connectivity index is 1.38. The highest BCUT2D eigenvalue weighted by Gasteiger charge is 2.20. The second kappa shape index (κ2) is 10.4. The van der Waals surface area contributed by atoms with Gasteiger partial charge >= 0.3 is 0 Å². The molecule has 2 heterocycles. The van der Waals surface area contributed by atoms with Crippen LogP contribution in [-0.4, -0.2) is 41.4 Å². The molecule has 2 aromatic carbocycles. The van der Waals surface area contributed by atoms with Crippen molar-refractivity contribution in [3.63, 3.8) is 0 Å². The normalized spacial score (nSPS) is 14.4. The van der Waals surface area contributed by atoms with Crippen LogP contribution in [0.1, 0.15) is 42.0 Å². The number of carbonyl (C=O) groups is 1. The Labute approximate surface area is 190 Å². The number of carbonyl (C=O) groups excluding carboxylic acids is 1. The quantitative estimate of drug-likeness (QED) is 0.374. The molecule has 6 nitrogen and oxygen atoms in total. The SMILES string of the molecule is CCNC(=NCc1ccccc1CN1CCCC1=O)NCCc1c[nH]c2cc(C)ccc12. The summed E-state index contributed by atoms with van der Waals surface area (Å²) in [5.41, 5.74) is 6.10. The highest BCUT2D eigenvalue weighted by molar-refractivity contribution is 5.84.